The predicted molar refractivity (Wildman–Crippen MR) is 162 cm³/mol. The summed E-state index contributed by atoms with van der Waals surface area (Å²) >= 11 is 0. The highest BCUT2D eigenvalue weighted by atomic mass is 35.5. The zero-order chi connectivity index (χ0) is 29.6. The molecule has 0 aliphatic carbocycles. The summed E-state index contributed by atoms with van der Waals surface area (Å²) in [5.74, 6) is -2.29. The summed E-state index contributed by atoms with van der Waals surface area (Å²) in [7, 11) is 0. The number of rotatable bonds is 9. The van der Waals surface area contributed by atoms with Gasteiger partial charge < -0.3 is 25.9 Å². The number of furan rings is 1. The van der Waals surface area contributed by atoms with Crippen LogP contribution in [0, 0.1) is 17.1 Å². The van der Waals surface area contributed by atoms with E-state index in [-0.39, 0.29) is 46.6 Å². The average molecular weight is 598 g/mol. The molecule has 0 unspecified atom stereocenters. The Morgan fingerprint density at radius 2 is 1.79 bits per heavy atom. The van der Waals surface area contributed by atoms with Crippen LogP contribution in [0.1, 0.15) is 21.7 Å². The lowest BCUT2D eigenvalue weighted by atomic mass is 9.97. The van der Waals surface area contributed by atoms with Gasteiger partial charge in [0, 0.05) is 29.3 Å². The van der Waals surface area contributed by atoms with Crippen molar-refractivity contribution in [2.24, 2.45) is 5.73 Å². The van der Waals surface area contributed by atoms with Crippen LogP contribution in [0.2, 0.25) is 0 Å². The number of hydrogen-bond acceptors (Lipinski definition) is 7. The highest BCUT2D eigenvalue weighted by Crippen LogP contribution is 2.36. The van der Waals surface area contributed by atoms with Gasteiger partial charge in [-0.2, -0.15) is 5.26 Å². The van der Waals surface area contributed by atoms with Gasteiger partial charge in [-0.05, 0) is 53.6 Å². The summed E-state index contributed by atoms with van der Waals surface area (Å²) in [6, 6.07) is 25.8. The second-order valence-corrected chi connectivity index (χ2v) is 9.35. The van der Waals surface area contributed by atoms with Gasteiger partial charge >= 0.3 is 0 Å². The summed E-state index contributed by atoms with van der Waals surface area (Å²) in [6.45, 7) is 0. The molecule has 0 fully saturated rings. The maximum Gasteiger partial charge on any atom is 0.292 e. The first kappa shape index (κ1) is 30.3. The Kier molecular flexibility index (Phi) is 9.40. The summed E-state index contributed by atoms with van der Waals surface area (Å²) in [5, 5.41) is 26.4. The fraction of sp³-hybridized carbons (Fsp3) is 0.0625. The molecular formula is C32H25ClFN5O4. The van der Waals surface area contributed by atoms with E-state index in [1.165, 1.54) is 18.4 Å². The number of primary amides is 1. The van der Waals surface area contributed by atoms with E-state index in [1.807, 2.05) is 30.3 Å². The molecule has 2 amide bonds. The topological polar surface area (TPSA) is 154 Å². The zero-order valence-corrected chi connectivity index (χ0v) is 23.3. The molecule has 2 aromatic heterocycles. The maximum atomic E-state index is 13.7. The number of pyridine rings is 1. The van der Waals surface area contributed by atoms with E-state index in [1.54, 1.807) is 36.4 Å². The summed E-state index contributed by atoms with van der Waals surface area (Å²) in [4.78, 5) is 29.5. The number of phenolic OH excluding ortho intramolecular Hbond substituents is 1. The Morgan fingerprint density at radius 3 is 2.47 bits per heavy atom. The van der Waals surface area contributed by atoms with Crippen molar-refractivity contribution in [3.05, 3.63) is 120 Å². The third-order valence-corrected chi connectivity index (χ3v) is 6.48. The molecule has 0 saturated heterocycles. The van der Waals surface area contributed by atoms with Crippen molar-refractivity contribution in [3.63, 3.8) is 0 Å². The van der Waals surface area contributed by atoms with Gasteiger partial charge in [0.15, 0.2) is 11.6 Å². The van der Waals surface area contributed by atoms with Crippen LogP contribution in [0.15, 0.2) is 102 Å². The number of nitrogens with zero attached hydrogens (tertiary/aromatic N) is 2. The minimum Gasteiger partial charge on any atom is -0.507 e. The number of benzene rings is 3. The quantitative estimate of drug-likeness (QED) is 0.165. The predicted octanol–water partition coefficient (Wildman–Crippen LogP) is 5.91. The van der Waals surface area contributed by atoms with Gasteiger partial charge in [0.1, 0.15) is 29.2 Å². The van der Waals surface area contributed by atoms with Gasteiger partial charge in [-0.3, -0.25) is 9.59 Å². The monoisotopic (exact) mass is 597 g/mol. The van der Waals surface area contributed by atoms with E-state index in [0.29, 0.717) is 23.2 Å². The van der Waals surface area contributed by atoms with Crippen molar-refractivity contribution in [3.8, 4) is 34.2 Å². The van der Waals surface area contributed by atoms with E-state index in [0.717, 1.165) is 17.7 Å². The van der Waals surface area contributed by atoms with Crippen LogP contribution in [0.3, 0.4) is 0 Å². The van der Waals surface area contributed by atoms with Crippen LogP contribution >= 0.6 is 12.4 Å². The molecule has 0 bridgehead atoms. The molecule has 5 N–H and O–H groups in total. The van der Waals surface area contributed by atoms with Crippen LogP contribution in [0.25, 0.3) is 22.4 Å². The first-order valence-corrected chi connectivity index (χ1v) is 12.8. The second kappa shape index (κ2) is 13.3. The molecular weight excluding hydrogens is 573 g/mol. The van der Waals surface area contributed by atoms with Crippen LogP contribution in [-0.4, -0.2) is 27.9 Å². The molecule has 3 aromatic carbocycles. The van der Waals surface area contributed by atoms with Gasteiger partial charge in [0.25, 0.3) is 5.91 Å². The lowest BCUT2D eigenvalue weighted by Crippen LogP contribution is -2.37. The molecule has 9 nitrogen and oxygen atoms in total. The van der Waals surface area contributed by atoms with Crippen molar-refractivity contribution in [2.45, 2.75) is 12.5 Å². The first-order chi connectivity index (χ1) is 20.3. The van der Waals surface area contributed by atoms with Gasteiger partial charge in [-0.25, -0.2) is 9.37 Å². The van der Waals surface area contributed by atoms with E-state index in [4.69, 9.17) is 10.2 Å². The van der Waals surface area contributed by atoms with E-state index in [9.17, 15) is 24.3 Å². The Bertz CT molecular complexity index is 1810. The lowest BCUT2D eigenvalue weighted by Gasteiger charge is -2.18. The molecule has 0 radical (unpaired) electrons. The number of halogens is 2. The summed E-state index contributed by atoms with van der Waals surface area (Å²) in [6.07, 6.45) is 1.69. The summed E-state index contributed by atoms with van der Waals surface area (Å²) in [5.41, 5.74) is 8.47. The molecule has 5 aromatic rings. The highest BCUT2D eigenvalue weighted by Gasteiger charge is 2.21. The fourth-order valence-electron chi connectivity index (χ4n) is 4.46. The van der Waals surface area contributed by atoms with Crippen LogP contribution < -0.4 is 16.4 Å². The third kappa shape index (κ3) is 6.98. The highest BCUT2D eigenvalue weighted by molar-refractivity contribution is 6.03. The Hall–Kier alpha value is -5.66. The van der Waals surface area contributed by atoms with E-state index < -0.39 is 23.7 Å². The normalized spacial score (nSPS) is 11.1. The third-order valence-electron chi connectivity index (χ3n) is 6.48. The molecule has 0 spiro atoms. The number of anilines is 2. The molecule has 11 heteroatoms. The molecule has 0 saturated carbocycles. The second-order valence-electron chi connectivity index (χ2n) is 9.35. The number of hydrogen-bond donors (Lipinski definition) is 4. The van der Waals surface area contributed by atoms with Crippen molar-refractivity contribution < 1.29 is 23.5 Å². The molecule has 1 atom stereocenters. The smallest absolute Gasteiger partial charge is 0.292 e. The van der Waals surface area contributed by atoms with Crippen LogP contribution in [-0.2, 0) is 11.2 Å². The number of amides is 2. The molecule has 0 aliphatic rings. The van der Waals surface area contributed by atoms with Crippen molar-refractivity contribution >= 4 is 35.7 Å². The Labute approximate surface area is 252 Å². The zero-order valence-electron chi connectivity index (χ0n) is 22.5. The van der Waals surface area contributed by atoms with Crippen molar-refractivity contribution in [1.82, 2.24) is 4.98 Å². The lowest BCUT2D eigenvalue weighted by molar-refractivity contribution is -0.118. The van der Waals surface area contributed by atoms with Crippen molar-refractivity contribution in [2.75, 3.05) is 10.6 Å². The number of aromatic hydroxyl groups is 1. The number of carbonyl (C=O) groups excluding carboxylic acids is 2. The van der Waals surface area contributed by atoms with E-state index >= 15 is 0 Å². The number of nitrogens with two attached hydrogens (primary N) is 1. The minimum atomic E-state index is -0.717. The van der Waals surface area contributed by atoms with Gasteiger partial charge in [0.05, 0.1) is 12.0 Å². The summed E-state index contributed by atoms with van der Waals surface area (Å²) < 4.78 is 18.9. The number of aromatic nitrogens is 1. The molecule has 2 heterocycles. The number of carbonyl (C=O) groups is 2. The number of nitrogens with one attached hydrogen (secondary N) is 2. The molecule has 5 rings (SSSR count). The molecule has 216 valence electrons. The van der Waals surface area contributed by atoms with Crippen LogP contribution in [0.4, 0.5) is 15.9 Å². The molecule has 0 aliphatic heterocycles. The Balaban J connectivity index is 0.00000423. The van der Waals surface area contributed by atoms with Gasteiger partial charge in [-0.1, -0.05) is 42.5 Å². The first-order valence-electron chi connectivity index (χ1n) is 12.8. The Morgan fingerprint density at radius 1 is 1.00 bits per heavy atom. The largest absolute Gasteiger partial charge is 0.507 e. The van der Waals surface area contributed by atoms with Gasteiger partial charge in [0.2, 0.25) is 5.91 Å². The fourth-order valence-corrected chi connectivity index (χ4v) is 4.46. The van der Waals surface area contributed by atoms with E-state index in [2.05, 4.69) is 21.7 Å². The van der Waals surface area contributed by atoms with Crippen molar-refractivity contribution in [1.29, 1.82) is 5.26 Å². The van der Waals surface area contributed by atoms with Gasteiger partial charge in [-0.15, -0.1) is 12.4 Å². The average Bonchev–Trinajstić information content (AvgIpc) is 3.53. The number of nitriles is 1. The number of phenols is 1. The SMILES string of the molecule is Cl.N#Cc1c(-c2cccc(N[C@H](Cc3ccccc3)C(N)=O)c2)cc(-c2ccc(F)cc2O)nc1NC(=O)c1ccco1. The maximum absolute atomic E-state index is 13.7. The minimum absolute atomic E-state index is 0. The van der Waals surface area contributed by atoms with Crippen LogP contribution in [0.5, 0.6) is 5.75 Å². The molecule has 43 heavy (non-hydrogen) atoms. The standard InChI is InChI=1S/C32H24FN5O4.ClH/c33-21-11-12-23(28(39)16-21)26-17-24(25(18-34)31(37-26)38-32(41)29-10-5-13-42-29)20-8-4-9-22(15-20)36-27(30(35)40)14-19-6-2-1-3-7-19;/h1-13,15-17,27,36,39H,14H2,(H2,35,40)(H,37,38,41);1H/t27-;/m1./s1.